The SMILES string of the molecule is CCO[C@H]1C[C@H]1C(=O)Nc1cc2cc(N3CCN([C@]4(C)COC[C@@H]4O)CC3)c(Cl)cc2cn1. The van der Waals surface area contributed by atoms with Gasteiger partial charge in [0.15, 0.2) is 0 Å². The number of halogens is 1. The van der Waals surface area contributed by atoms with E-state index < -0.39 is 6.10 Å². The third kappa shape index (κ3) is 4.42. The Labute approximate surface area is 198 Å². The molecule has 1 aliphatic carbocycles. The zero-order valence-electron chi connectivity index (χ0n) is 19.1. The van der Waals surface area contributed by atoms with Crippen molar-refractivity contribution >= 4 is 39.8 Å². The molecule has 2 aliphatic heterocycles. The van der Waals surface area contributed by atoms with Gasteiger partial charge in [0.25, 0.3) is 0 Å². The highest BCUT2D eigenvalue weighted by Gasteiger charge is 2.45. The minimum absolute atomic E-state index is 0.0266. The molecule has 2 N–H and O–H groups in total. The minimum atomic E-state index is -0.464. The lowest BCUT2D eigenvalue weighted by molar-refractivity contribution is -0.118. The van der Waals surface area contributed by atoms with E-state index in [4.69, 9.17) is 21.1 Å². The van der Waals surface area contributed by atoms with Crippen molar-refractivity contribution in [2.24, 2.45) is 5.92 Å². The average Bonchev–Trinajstić information content (AvgIpc) is 3.50. The van der Waals surface area contributed by atoms with Crippen molar-refractivity contribution in [2.75, 3.05) is 56.2 Å². The largest absolute Gasteiger partial charge is 0.389 e. The summed E-state index contributed by atoms with van der Waals surface area (Å²) >= 11 is 6.64. The summed E-state index contributed by atoms with van der Waals surface area (Å²) < 4.78 is 11.0. The molecular weight excluding hydrogens is 444 g/mol. The molecule has 178 valence electrons. The van der Waals surface area contributed by atoms with Crippen LogP contribution < -0.4 is 10.2 Å². The smallest absolute Gasteiger partial charge is 0.231 e. The highest BCUT2D eigenvalue weighted by molar-refractivity contribution is 6.34. The molecule has 1 aromatic heterocycles. The number of aromatic nitrogens is 1. The van der Waals surface area contributed by atoms with Gasteiger partial charge < -0.3 is 24.8 Å². The van der Waals surface area contributed by atoms with Crippen LogP contribution in [0.5, 0.6) is 0 Å². The molecule has 4 atom stereocenters. The number of rotatable bonds is 6. The maximum absolute atomic E-state index is 12.5. The number of anilines is 2. The summed E-state index contributed by atoms with van der Waals surface area (Å²) in [5, 5.41) is 15.9. The second-order valence-electron chi connectivity index (χ2n) is 9.41. The zero-order chi connectivity index (χ0) is 23.2. The topological polar surface area (TPSA) is 87.2 Å². The highest BCUT2D eigenvalue weighted by atomic mass is 35.5. The van der Waals surface area contributed by atoms with Gasteiger partial charge in [-0.1, -0.05) is 11.6 Å². The Morgan fingerprint density at radius 2 is 2.09 bits per heavy atom. The number of fused-ring (bicyclic) bond motifs is 1. The number of nitrogens with one attached hydrogen (secondary N) is 1. The predicted molar refractivity (Wildman–Crippen MR) is 128 cm³/mol. The lowest BCUT2D eigenvalue weighted by Gasteiger charge is -2.45. The van der Waals surface area contributed by atoms with Crippen molar-refractivity contribution in [3.63, 3.8) is 0 Å². The van der Waals surface area contributed by atoms with E-state index in [-0.39, 0.29) is 23.5 Å². The quantitative estimate of drug-likeness (QED) is 0.665. The first-order valence-corrected chi connectivity index (χ1v) is 12.0. The number of hydrogen-bond donors (Lipinski definition) is 2. The van der Waals surface area contributed by atoms with Gasteiger partial charge >= 0.3 is 0 Å². The van der Waals surface area contributed by atoms with Crippen LogP contribution >= 0.6 is 11.6 Å². The lowest BCUT2D eigenvalue weighted by atomic mass is 9.95. The monoisotopic (exact) mass is 474 g/mol. The van der Waals surface area contributed by atoms with Crippen LogP contribution in [0.3, 0.4) is 0 Å². The number of pyridine rings is 1. The van der Waals surface area contributed by atoms with E-state index in [1.807, 2.05) is 19.1 Å². The van der Waals surface area contributed by atoms with Crippen LogP contribution in [0.15, 0.2) is 24.4 Å². The van der Waals surface area contributed by atoms with Gasteiger partial charge in [0.2, 0.25) is 5.91 Å². The molecule has 2 saturated heterocycles. The average molecular weight is 475 g/mol. The number of hydrogen-bond acceptors (Lipinski definition) is 7. The Morgan fingerprint density at radius 3 is 2.79 bits per heavy atom. The van der Waals surface area contributed by atoms with Crippen LogP contribution in [0.1, 0.15) is 20.3 Å². The zero-order valence-corrected chi connectivity index (χ0v) is 19.8. The van der Waals surface area contributed by atoms with E-state index >= 15 is 0 Å². The van der Waals surface area contributed by atoms with Gasteiger partial charge in [-0.3, -0.25) is 9.69 Å². The summed E-state index contributed by atoms with van der Waals surface area (Å²) in [6, 6.07) is 5.90. The van der Waals surface area contributed by atoms with Crippen molar-refractivity contribution < 1.29 is 19.4 Å². The molecule has 3 aliphatic rings. The standard InChI is InChI=1S/C24H31ClN4O4/c1-3-33-20-11-17(20)23(31)27-22-10-15-9-19(18(25)8-16(15)12-26-22)28-4-6-29(7-5-28)24(2)14-32-13-21(24)30/h8-10,12,17,20-21,30H,3-7,11,13-14H2,1-2H3,(H,26,27,31)/t17-,20+,21+,24-/m1/s1. The Hall–Kier alpha value is -1.97. The summed E-state index contributed by atoms with van der Waals surface area (Å²) in [4.78, 5) is 21.5. The molecule has 0 unspecified atom stereocenters. The van der Waals surface area contributed by atoms with Gasteiger partial charge in [0.1, 0.15) is 5.82 Å². The minimum Gasteiger partial charge on any atom is -0.389 e. The van der Waals surface area contributed by atoms with Crippen molar-refractivity contribution in [1.29, 1.82) is 0 Å². The fourth-order valence-corrected chi connectivity index (χ4v) is 5.23. The van der Waals surface area contributed by atoms with Gasteiger partial charge in [-0.2, -0.15) is 0 Å². The third-order valence-corrected chi connectivity index (χ3v) is 7.52. The Balaban J connectivity index is 1.29. The number of amides is 1. The molecule has 8 nitrogen and oxygen atoms in total. The number of aliphatic hydroxyl groups excluding tert-OH is 1. The van der Waals surface area contributed by atoms with Gasteiger partial charge in [0.05, 0.1) is 47.6 Å². The van der Waals surface area contributed by atoms with E-state index in [0.717, 1.165) is 49.1 Å². The molecule has 3 fully saturated rings. The molecule has 1 aromatic carbocycles. The Kier molecular flexibility index (Phi) is 6.22. The lowest BCUT2D eigenvalue weighted by Crippen LogP contribution is -2.60. The van der Waals surface area contributed by atoms with Crippen LogP contribution in [0.4, 0.5) is 11.5 Å². The molecule has 33 heavy (non-hydrogen) atoms. The first-order valence-electron chi connectivity index (χ1n) is 11.7. The normalized spacial score (nSPS) is 30.1. The molecule has 1 saturated carbocycles. The molecule has 2 aromatic rings. The molecule has 0 spiro atoms. The summed E-state index contributed by atoms with van der Waals surface area (Å²) in [5.74, 6) is 0.401. The van der Waals surface area contributed by atoms with Gasteiger partial charge in [0, 0.05) is 44.4 Å². The number of aliphatic hydroxyl groups is 1. The Bertz CT molecular complexity index is 1040. The fraction of sp³-hybridized carbons (Fsp3) is 0.583. The van der Waals surface area contributed by atoms with Crippen molar-refractivity contribution in [3.05, 3.63) is 29.4 Å². The van der Waals surface area contributed by atoms with Crippen LogP contribution in [-0.2, 0) is 14.3 Å². The number of carbonyl (C=O) groups excluding carboxylic acids is 1. The number of piperazine rings is 1. The fourth-order valence-electron chi connectivity index (χ4n) is 4.94. The summed E-state index contributed by atoms with van der Waals surface area (Å²) in [6.45, 7) is 8.85. The molecule has 3 heterocycles. The second kappa shape index (κ2) is 9.00. The Morgan fingerprint density at radius 1 is 1.30 bits per heavy atom. The van der Waals surface area contributed by atoms with Crippen molar-refractivity contribution in [1.82, 2.24) is 9.88 Å². The van der Waals surface area contributed by atoms with E-state index in [0.29, 0.717) is 30.7 Å². The summed E-state index contributed by atoms with van der Waals surface area (Å²) in [5.41, 5.74) is 0.639. The first kappa shape index (κ1) is 22.8. The van der Waals surface area contributed by atoms with E-state index in [1.165, 1.54) is 0 Å². The summed E-state index contributed by atoms with van der Waals surface area (Å²) in [7, 11) is 0. The predicted octanol–water partition coefficient (Wildman–Crippen LogP) is 2.52. The number of nitrogens with zero attached hydrogens (tertiary/aromatic N) is 3. The molecule has 0 radical (unpaired) electrons. The highest BCUT2D eigenvalue weighted by Crippen LogP contribution is 2.36. The van der Waals surface area contributed by atoms with E-state index in [1.54, 1.807) is 6.20 Å². The van der Waals surface area contributed by atoms with Crippen LogP contribution in [0.25, 0.3) is 10.8 Å². The van der Waals surface area contributed by atoms with E-state index in [2.05, 4.69) is 33.1 Å². The molecule has 9 heteroatoms. The third-order valence-electron chi connectivity index (χ3n) is 7.22. The maximum Gasteiger partial charge on any atom is 0.231 e. The maximum atomic E-state index is 12.5. The van der Waals surface area contributed by atoms with Crippen LogP contribution in [0, 0.1) is 5.92 Å². The molecule has 0 bridgehead atoms. The first-order chi connectivity index (χ1) is 15.9. The molecule has 5 rings (SSSR count). The number of ether oxygens (including phenoxy) is 2. The molecular formula is C24H31ClN4O4. The molecule has 1 amide bonds. The van der Waals surface area contributed by atoms with Crippen LogP contribution in [-0.4, -0.2) is 84.6 Å². The van der Waals surface area contributed by atoms with Crippen molar-refractivity contribution in [3.8, 4) is 0 Å². The van der Waals surface area contributed by atoms with E-state index in [9.17, 15) is 9.90 Å². The van der Waals surface area contributed by atoms with Crippen LogP contribution in [0.2, 0.25) is 5.02 Å². The summed E-state index contributed by atoms with van der Waals surface area (Å²) in [6.07, 6.45) is 2.07. The van der Waals surface area contributed by atoms with Gasteiger partial charge in [-0.05, 0) is 43.9 Å². The van der Waals surface area contributed by atoms with Crippen molar-refractivity contribution in [2.45, 2.75) is 38.0 Å². The van der Waals surface area contributed by atoms with Gasteiger partial charge in [-0.25, -0.2) is 4.98 Å². The second-order valence-corrected chi connectivity index (χ2v) is 9.81. The van der Waals surface area contributed by atoms with Gasteiger partial charge in [-0.15, -0.1) is 0 Å². The number of carbonyl (C=O) groups is 1. The number of benzene rings is 1.